The number of ether oxygens (including phenoxy) is 2. The fraction of sp³-hybridized carbons (Fsp3) is 0.278. The number of carbonyl (C=O) groups is 1. The predicted molar refractivity (Wildman–Crippen MR) is 85.8 cm³/mol. The SMILES string of the molecule is O=C(CCc1ccccc1O)NCC1COc2ccccc2O1. The Labute approximate surface area is 134 Å². The van der Waals surface area contributed by atoms with Crippen LogP contribution >= 0.6 is 0 Å². The molecule has 2 aromatic rings. The van der Waals surface area contributed by atoms with Crippen molar-refractivity contribution in [3.8, 4) is 17.2 Å². The molecule has 0 aliphatic carbocycles. The summed E-state index contributed by atoms with van der Waals surface area (Å²) in [4.78, 5) is 11.9. The van der Waals surface area contributed by atoms with Crippen LogP contribution in [0.15, 0.2) is 48.5 Å². The van der Waals surface area contributed by atoms with Crippen molar-refractivity contribution in [1.82, 2.24) is 5.32 Å². The molecule has 120 valence electrons. The van der Waals surface area contributed by atoms with Gasteiger partial charge in [-0.05, 0) is 30.2 Å². The van der Waals surface area contributed by atoms with E-state index in [-0.39, 0.29) is 17.8 Å². The summed E-state index contributed by atoms with van der Waals surface area (Å²) < 4.78 is 11.4. The topological polar surface area (TPSA) is 67.8 Å². The number of phenols is 1. The molecule has 23 heavy (non-hydrogen) atoms. The van der Waals surface area contributed by atoms with Crippen LogP contribution < -0.4 is 14.8 Å². The molecule has 1 heterocycles. The lowest BCUT2D eigenvalue weighted by atomic mass is 10.1. The summed E-state index contributed by atoms with van der Waals surface area (Å²) in [6.07, 6.45) is 0.629. The molecule has 1 aliphatic rings. The molecule has 0 saturated carbocycles. The van der Waals surface area contributed by atoms with Gasteiger partial charge < -0.3 is 19.9 Å². The average Bonchev–Trinajstić information content (AvgIpc) is 2.59. The minimum absolute atomic E-state index is 0.0734. The van der Waals surface area contributed by atoms with E-state index in [1.54, 1.807) is 12.1 Å². The number of hydrogen-bond acceptors (Lipinski definition) is 4. The van der Waals surface area contributed by atoms with Crippen LogP contribution in [-0.2, 0) is 11.2 Å². The van der Waals surface area contributed by atoms with Gasteiger partial charge in [0, 0.05) is 6.42 Å². The Morgan fingerprint density at radius 2 is 1.87 bits per heavy atom. The number of aryl methyl sites for hydroxylation is 1. The number of amides is 1. The zero-order valence-electron chi connectivity index (χ0n) is 12.7. The van der Waals surface area contributed by atoms with Crippen molar-refractivity contribution >= 4 is 5.91 Å². The molecule has 0 bridgehead atoms. The second-order valence-electron chi connectivity index (χ2n) is 5.43. The number of fused-ring (bicyclic) bond motifs is 1. The van der Waals surface area contributed by atoms with Crippen LogP contribution in [-0.4, -0.2) is 30.3 Å². The van der Waals surface area contributed by atoms with E-state index < -0.39 is 0 Å². The zero-order chi connectivity index (χ0) is 16.1. The second kappa shape index (κ2) is 7.05. The third-order valence-electron chi connectivity index (χ3n) is 3.71. The second-order valence-corrected chi connectivity index (χ2v) is 5.43. The molecule has 2 N–H and O–H groups in total. The number of para-hydroxylation sites is 3. The van der Waals surface area contributed by atoms with Gasteiger partial charge in [0.25, 0.3) is 0 Å². The molecule has 0 saturated heterocycles. The highest BCUT2D eigenvalue weighted by atomic mass is 16.6. The summed E-state index contributed by atoms with van der Waals surface area (Å²) in [6.45, 7) is 0.810. The molecule has 1 aliphatic heterocycles. The molecule has 0 spiro atoms. The first-order valence-corrected chi connectivity index (χ1v) is 7.64. The van der Waals surface area contributed by atoms with E-state index in [0.29, 0.717) is 31.7 Å². The Morgan fingerprint density at radius 1 is 1.13 bits per heavy atom. The van der Waals surface area contributed by atoms with E-state index in [9.17, 15) is 9.90 Å². The Morgan fingerprint density at radius 3 is 2.70 bits per heavy atom. The molecule has 1 amide bonds. The summed E-state index contributed by atoms with van der Waals surface area (Å²) in [5.41, 5.74) is 0.772. The Kier molecular flexibility index (Phi) is 4.66. The predicted octanol–water partition coefficient (Wildman–Crippen LogP) is 2.28. The van der Waals surface area contributed by atoms with Gasteiger partial charge in [0.1, 0.15) is 18.5 Å². The van der Waals surface area contributed by atoms with E-state index in [4.69, 9.17) is 9.47 Å². The van der Waals surface area contributed by atoms with Crippen LogP contribution in [0, 0.1) is 0 Å². The third kappa shape index (κ3) is 3.94. The number of hydrogen-bond donors (Lipinski definition) is 2. The summed E-state index contributed by atoms with van der Waals surface area (Å²) in [5.74, 6) is 1.58. The number of phenolic OH excluding ortho intramolecular Hbond substituents is 1. The maximum Gasteiger partial charge on any atom is 0.220 e. The van der Waals surface area contributed by atoms with E-state index in [1.165, 1.54) is 0 Å². The van der Waals surface area contributed by atoms with Crippen molar-refractivity contribution in [2.24, 2.45) is 0 Å². The zero-order valence-corrected chi connectivity index (χ0v) is 12.7. The van der Waals surface area contributed by atoms with Crippen LogP contribution in [0.4, 0.5) is 0 Å². The van der Waals surface area contributed by atoms with E-state index in [2.05, 4.69) is 5.32 Å². The summed E-state index contributed by atoms with van der Waals surface area (Å²) in [6, 6.07) is 14.5. The molecular weight excluding hydrogens is 294 g/mol. The average molecular weight is 313 g/mol. The van der Waals surface area contributed by atoms with Gasteiger partial charge in [-0.25, -0.2) is 0 Å². The number of aromatic hydroxyl groups is 1. The third-order valence-corrected chi connectivity index (χ3v) is 3.71. The van der Waals surface area contributed by atoms with Gasteiger partial charge in [-0.15, -0.1) is 0 Å². The highest BCUT2D eigenvalue weighted by Gasteiger charge is 2.20. The highest BCUT2D eigenvalue weighted by molar-refractivity contribution is 5.76. The van der Waals surface area contributed by atoms with Crippen LogP contribution in [0.3, 0.4) is 0 Å². The molecule has 2 aromatic carbocycles. The largest absolute Gasteiger partial charge is 0.508 e. The van der Waals surface area contributed by atoms with Crippen LogP contribution in [0.1, 0.15) is 12.0 Å². The first kappa shape index (κ1) is 15.2. The lowest BCUT2D eigenvalue weighted by molar-refractivity contribution is -0.121. The van der Waals surface area contributed by atoms with Gasteiger partial charge in [-0.2, -0.15) is 0 Å². The standard InChI is InChI=1S/C18H19NO4/c20-15-6-2-1-5-13(15)9-10-18(21)19-11-14-12-22-16-7-3-4-8-17(16)23-14/h1-8,14,20H,9-12H2,(H,19,21). The van der Waals surface area contributed by atoms with Gasteiger partial charge in [0.2, 0.25) is 5.91 Å². The quantitative estimate of drug-likeness (QED) is 0.888. The van der Waals surface area contributed by atoms with Crippen molar-refractivity contribution in [3.63, 3.8) is 0 Å². The van der Waals surface area contributed by atoms with Crippen LogP contribution in [0.5, 0.6) is 17.2 Å². The molecule has 0 radical (unpaired) electrons. The minimum atomic E-state index is -0.195. The summed E-state index contributed by atoms with van der Waals surface area (Å²) in [7, 11) is 0. The molecule has 5 nitrogen and oxygen atoms in total. The van der Waals surface area contributed by atoms with Gasteiger partial charge in [0.15, 0.2) is 11.5 Å². The number of rotatable bonds is 5. The maximum absolute atomic E-state index is 11.9. The van der Waals surface area contributed by atoms with E-state index >= 15 is 0 Å². The monoisotopic (exact) mass is 313 g/mol. The fourth-order valence-electron chi connectivity index (χ4n) is 2.45. The van der Waals surface area contributed by atoms with Crippen molar-refractivity contribution < 1.29 is 19.4 Å². The molecule has 0 fully saturated rings. The molecule has 5 heteroatoms. The number of nitrogens with one attached hydrogen (secondary N) is 1. The number of carbonyl (C=O) groups excluding carboxylic acids is 1. The first-order valence-electron chi connectivity index (χ1n) is 7.64. The highest BCUT2D eigenvalue weighted by Crippen LogP contribution is 2.30. The van der Waals surface area contributed by atoms with Crippen molar-refractivity contribution in [3.05, 3.63) is 54.1 Å². The molecular formula is C18H19NO4. The van der Waals surface area contributed by atoms with E-state index in [0.717, 1.165) is 11.3 Å². The number of benzene rings is 2. The van der Waals surface area contributed by atoms with Crippen molar-refractivity contribution in [2.75, 3.05) is 13.2 Å². The van der Waals surface area contributed by atoms with Gasteiger partial charge in [-0.3, -0.25) is 4.79 Å². The van der Waals surface area contributed by atoms with Crippen molar-refractivity contribution in [1.29, 1.82) is 0 Å². The molecule has 3 rings (SSSR count). The van der Waals surface area contributed by atoms with Gasteiger partial charge in [0.05, 0.1) is 6.54 Å². The Bertz CT molecular complexity index is 686. The lowest BCUT2D eigenvalue weighted by Gasteiger charge is -2.26. The summed E-state index contributed by atoms with van der Waals surface area (Å²) >= 11 is 0. The lowest BCUT2D eigenvalue weighted by Crippen LogP contribution is -2.40. The molecule has 1 unspecified atom stereocenters. The van der Waals surface area contributed by atoms with Crippen LogP contribution in [0.25, 0.3) is 0 Å². The summed E-state index contributed by atoms with van der Waals surface area (Å²) in [5, 5.41) is 12.5. The molecule has 0 aromatic heterocycles. The minimum Gasteiger partial charge on any atom is -0.508 e. The molecule has 1 atom stereocenters. The van der Waals surface area contributed by atoms with Crippen LogP contribution in [0.2, 0.25) is 0 Å². The first-order chi connectivity index (χ1) is 11.2. The normalized spacial score (nSPS) is 15.9. The fourth-order valence-corrected chi connectivity index (χ4v) is 2.45. The van der Waals surface area contributed by atoms with Crippen molar-refractivity contribution in [2.45, 2.75) is 18.9 Å². The Hall–Kier alpha value is -2.69. The smallest absolute Gasteiger partial charge is 0.220 e. The van der Waals surface area contributed by atoms with Gasteiger partial charge in [-0.1, -0.05) is 30.3 Å². The Balaban J connectivity index is 1.44. The van der Waals surface area contributed by atoms with Gasteiger partial charge >= 0.3 is 0 Å². The maximum atomic E-state index is 11.9. The van der Waals surface area contributed by atoms with E-state index in [1.807, 2.05) is 36.4 Å².